The third kappa shape index (κ3) is 6.87. The number of halogens is 1. The maximum atomic E-state index is 12.9. The van der Waals surface area contributed by atoms with E-state index in [0.717, 1.165) is 11.1 Å². The van der Waals surface area contributed by atoms with Crippen molar-refractivity contribution in [1.82, 2.24) is 20.4 Å². The minimum absolute atomic E-state index is 0.00828. The molecule has 7 heteroatoms. The molecule has 154 valence electrons. The topological polar surface area (TPSA) is 64.7 Å². The Kier molecular flexibility index (Phi) is 7.58. The van der Waals surface area contributed by atoms with Crippen molar-refractivity contribution in [2.45, 2.75) is 13.0 Å². The molecule has 3 rings (SSSR count). The number of benzene rings is 2. The molecule has 2 N–H and O–H groups in total. The van der Waals surface area contributed by atoms with Crippen LogP contribution < -0.4 is 10.6 Å². The monoisotopic (exact) mass is 398 g/mol. The van der Waals surface area contributed by atoms with Crippen LogP contribution in [0.4, 0.5) is 9.18 Å². The normalized spacial score (nSPS) is 14.4. The van der Waals surface area contributed by atoms with Crippen molar-refractivity contribution in [1.29, 1.82) is 0 Å². The molecule has 0 spiro atoms. The number of carbonyl (C=O) groups excluding carboxylic acids is 2. The number of hydrogen-bond acceptors (Lipinski definition) is 3. The Bertz CT molecular complexity index is 790. The van der Waals surface area contributed by atoms with Gasteiger partial charge in [-0.1, -0.05) is 42.5 Å². The number of carbonyl (C=O) groups is 2. The SMILES string of the molecule is O=C(CN1CCN(C(=O)NCCc2ccc(F)cc2)CC1)NCc1ccccc1. The van der Waals surface area contributed by atoms with Gasteiger partial charge in [0.2, 0.25) is 5.91 Å². The van der Waals surface area contributed by atoms with Crippen LogP contribution in [0.25, 0.3) is 0 Å². The molecular weight excluding hydrogens is 371 g/mol. The van der Waals surface area contributed by atoms with Crippen molar-refractivity contribution in [3.8, 4) is 0 Å². The fourth-order valence-corrected chi connectivity index (χ4v) is 3.24. The van der Waals surface area contributed by atoms with Gasteiger partial charge >= 0.3 is 6.03 Å². The first kappa shape index (κ1) is 20.8. The Labute approximate surface area is 170 Å². The molecule has 0 aromatic heterocycles. The Hall–Kier alpha value is -2.93. The molecule has 1 saturated heterocycles. The van der Waals surface area contributed by atoms with E-state index in [0.29, 0.717) is 52.2 Å². The highest BCUT2D eigenvalue weighted by Crippen LogP contribution is 2.05. The molecule has 0 unspecified atom stereocenters. The molecule has 0 aliphatic carbocycles. The van der Waals surface area contributed by atoms with Crippen molar-refractivity contribution >= 4 is 11.9 Å². The largest absolute Gasteiger partial charge is 0.351 e. The minimum atomic E-state index is -0.260. The summed E-state index contributed by atoms with van der Waals surface area (Å²) in [7, 11) is 0. The maximum Gasteiger partial charge on any atom is 0.317 e. The van der Waals surface area contributed by atoms with E-state index in [4.69, 9.17) is 0 Å². The number of piperazine rings is 1. The van der Waals surface area contributed by atoms with Crippen LogP contribution in [0, 0.1) is 5.82 Å². The first-order valence-electron chi connectivity index (χ1n) is 9.90. The van der Waals surface area contributed by atoms with Crippen molar-refractivity contribution in [2.75, 3.05) is 39.3 Å². The number of nitrogens with one attached hydrogen (secondary N) is 2. The highest BCUT2D eigenvalue weighted by Gasteiger charge is 2.22. The second kappa shape index (κ2) is 10.6. The highest BCUT2D eigenvalue weighted by atomic mass is 19.1. The Morgan fingerprint density at radius 1 is 0.862 bits per heavy atom. The summed E-state index contributed by atoms with van der Waals surface area (Å²) in [6.45, 7) is 3.90. The summed E-state index contributed by atoms with van der Waals surface area (Å²) in [5.74, 6) is -0.268. The van der Waals surface area contributed by atoms with Crippen LogP contribution >= 0.6 is 0 Å². The van der Waals surface area contributed by atoms with E-state index < -0.39 is 0 Å². The van der Waals surface area contributed by atoms with E-state index in [1.165, 1.54) is 12.1 Å². The second-order valence-corrected chi connectivity index (χ2v) is 7.13. The Morgan fingerprint density at radius 3 is 2.24 bits per heavy atom. The van der Waals surface area contributed by atoms with Crippen molar-refractivity contribution in [3.05, 3.63) is 71.5 Å². The van der Waals surface area contributed by atoms with Gasteiger partial charge < -0.3 is 15.5 Å². The van der Waals surface area contributed by atoms with Crippen LogP contribution in [0.15, 0.2) is 54.6 Å². The molecule has 0 radical (unpaired) electrons. The highest BCUT2D eigenvalue weighted by molar-refractivity contribution is 5.78. The molecule has 2 aromatic carbocycles. The lowest BCUT2D eigenvalue weighted by atomic mass is 10.1. The quantitative estimate of drug-likeness (QED) is 0.750. The van der Waals surface area contributed by atoms with E-state index in [1.807, 2.05) is 30.3 Å². The molecule has 1 fully saturated rings. The summed E-state index contributed by atoms with van der Waals surface area (Å²) in [5.41, 5.74) is 2.06. The summed E-state index contributed by atoms with van der Waals surface area (Å²) in [6, 6.07) is 16.0. The predicted molar refractivity (Wildman–Crippen MR) is 110 cm³/mol. The van der Waals surface area contributed by atoms with E-state index in [2.05, 4.69) is 15.5 Å². The van der Waals surface area contributed by atoms with Gasteiger partial charge in [-0.15, -0.1) is 0 Å². The van der Waals surface area contributed by atoms with Gasteiger partial charge in [-0.3, -0.25) is 9.69 Å². The average molecular weight is 398 g/mol. The van der Waals surface area contributed by atoms with Crippen molar-refractivity contribution in [2.24, 2.45) is 0 Å². The number of nitrogens with zero attached hydrogens (tertiary/aromatic N) is 2. The number of rotatable bonds is 7. The first-order chi connectivity index (χ1) is 14.1. The van der Waals surface area contributed by atoms with E-state index in [-0.39, 0.29) is 17.8 Å². The van der Waals surface area contributed by atoms with Crippen molar-refractivity contribution in [3.63, 3.8) is 0 Å². The molecule has 1 aliphatic heterocycles. The van der Waals surface area contributed by atoms with Crippen LogP contribution in [-0.4, -0.2) is 61.0 Å². The number of amides is 3. The summed E-state index contributed by atoms with van der Waals surface area (Å²) in [4.78, 5) is 28.2. The zero-order valence-corrected chi connectivity index (χ0v) is 16.4. The summed E-state index contributed by atoms with van der Waals surface area (Å²) in [6.07, 6.45) is 0.660. The fraction of sp³-hybridized carbons (Fsp3) is 0.364. The lowest BCUT2D eigenvalue weighted by molar-refractivity contribution is -0.122. The summed E-state index contributed by atoms with van der Waals surface area (Å²) in [5, 5.41) is 5.84. The lowest BCUT2D eigenvalue weighted by Gasteiger charge is -2.34. The van der Waals surface area contributed by atoms with Crippen LogP contribution in [0.3, 0.4) is 0 Å². The van der Waals surface area contributed by atoms with Gasteiger partial charge in [0.25, 0.3) is 0 Å². The van der Waals surface area contributed by atoms with Crippen LogP contribution in [0.2, 0.25) is 0 Å². The zero-order valence-electron chi connectivity index (χ0n) is 16.4. The summed E-state index contributed by atoms with van der Waals surface area (Å²) >= 11 is 0. The molecule has 2 aromatic rings. The molecule has 0 atom stereocenters. The van der Waals surface area contributed by atoms with Gasteiger partial charge in [0.1, 0.15) is 5.82 Å². The third-order valence-electron chi connectivity index (χ3n) is 4.96. The minimum Gasteiger partial charge on any atom is -0.351 e. The standard InChI is InChI=1S/C22H27FN4O2/c23-20-8-6-18(7-9-20)10-11-24-22(29)27-14-12-26(13-15-27)17-21(28)25-16-19-4-2-1-3-5-19/h1-9H,10-17H2,(H,24,29)(H,25,28). The smallest absolute Gasteiger partial charge is 0.317 e. The van der Waals surface area contributed by atoms with Gasteiger partial charge in [0, 0.05) is 39.3 Å². The molecule has 3 amide bonds. The predicted octanol–water partition coefficient (Wildman–Crippen LogP) is 2.01. The Morgan fingerprint density at radius 2 is 1.55 bits per heavy atom. The van der Waals surface area contributed by atoms with Crippen LogP contribution in [0.5, 0.6) is 0 Å². The van der Waals surface area contributed by atoms with Gasteiger partial charge in [0.05, 0.1) is 6.54 Å². The van der Waals surface area contributed by atoms with E-state index in [1.54, 1.807) is 17.0 Å². The van der Waals surface area contributed by atoms with Crippen molar-refractivity contribution < 1.29 is 14.0 Å². The van der Waals surface area contributed by atoms with Gasteiger partial charge in [-0.05, 0) is 29.7 Å². The molecule has 1 heterocycles. The number of urea groups is 1. The third-order valence-corrected chi connectivity index (χ3v) is 4.96. The molecular formula is C22H27FN4O2. The van der Waals surface area contributed by atoms with Crippen LogP contribution in [-0.2, 0) is 17.8 Å². The Balaban J connectivity index is 1.31. The molecule has 1 aliphatic rings. The van der Waals surface area contributed by atoms with Gasteiger partial charge in [0.15, 0.2) is 0 Å². The van der Waals surface area contributed by atoms with Gasteiger partial charge in [-0.25, -0.2) is 9.18 Å². The second-order valence-electron chi connectivity index (χ2n) is 7.13. The maximum absolute atomic E-state index is 12.9. The van der Waals surface area contributed by atoms with Crippen LogP contribution in [0.1, 0.15) is 11.1 Å². The van der Waals surface area contributed by atoms with E-state index in [9.17, 15) is 14.0 Å². The van der Waals surface area contributed by atoms with Gasteiger partial charge in [-0.2, -0.15) is 0 Å². The fourth-order valence-electron chi connectivity index (χ4n) is 3.24. The number of hydrogen-bond donors (Lipinski definition) is 2. The molecule has 29 heavy (non-hydrogen) atoms. The lowest BCUT2D eigenvalue weighted by Crippen LogP contribution is -2.53. The zero-order chi connectivity index (χ0) is 20.5. The van der Waals surface area contributed by atoms with E-state index >= 15 is 0 Å². The first-order valence-corrected chi connectivity index (χ1v) is 9.90. The summed E-state index contributed by atoms with van der Waals surface area (Å²) < 4.78 is 12.9. The molecule has 6 nitrogen and oxygen atoms in total. The average Bonchev–Trinajstić information content (AvgIpc) is 2.75. The molecule has 0 bridgehead atoms. The molecule has 0 saturated carbocycles.